The molecule has 0 radical (unpaired) electrons. The lowest BCUT2D eigenvalue weighted by Crippen LogP contribution is -2.22. The fourth-order valence-corrected chi connectivity index (χ4v) is 1.11. The van der Waals surface area contributed by atoms with Crippen LogP contribution in [0, 0.1) is 10.1 Å². The zero-order chi connectivity index (χ0) is 11.6. The minimum absolute atomic E-state index is 0.0240. The molecular formula is C8H8ClN3O3. The smallest absolute Gasteiger partial charge is 0.288 e. The van der Waals surface area contributed by atoms with E-state index in [-0.39, 0.29) is 16.4 Å². The maximum atomic E-state index is 11.5. The first-order valence-electron chi connectivity index (χ1n) is 3.95. The fourth-order valence-electron chi connectivity index (χ4n) is 0.928. The molecule has 0 aliphatic rings. The lowest BCUT2D eigenvalue weighted by molar-refractivity contribution is -0.385. The van der Waals surface area contributed by atoms with Gasteiger partial charge in [0.1, 0.15) is 11.3 Å². The molecule has 1 heterocycles. The molecule has 0 aliphatic heterocycles. The normalized spacial score (nSPS) is 9.80. The SMILES string of the molecule is CN(C)C(=O)c1cc([N+](=O)[O-])cnc1Cl. The summed E-state index contributed by atoms with van der Waals surface area (Å²) in [5, 5.41) is 10.4. The Morgan fingerprint density at radius 3 is 2.67 bits per heavy atom. The molecule has 0 fully saturated rings. The van der Waals surface area contributed by atoms with Gasteiger partial charge in [-0.3, -0.25) is 14.9 Å². The van der Waals surface area contributed by atoms with E-state index in [0.29, 0.717) is 0 Å². The number of carbonyl (C=O) groups is 1. The van der Waals surface area contributed by atoms with Crippen LogP contribution >= 0.6 is 11.6 Å². The summed E-state index contributed by atoms with van der Waals surface area (Å²) < 4.78 is 0. The van der Waals surface area contributed by atoms with Gasteiger partial charge in [-0.1, -0.05) is 11.6 Å². The largest absolute Gasteiger partial charge is 0.345 e. The highest BCUT2D eigenvalue weighted by Crippen LogP contribution is 2.19. The van der Waals surface area contributed by atoms with Crippen molar-refractivity contribution in [1.29, 1.82) is 0 Å². The first kappa shape index (κ1) is 11.4. The van der Waals surface area contributed by atoms with Gasteiger partial charge < -0.3 is 4.90 Å². The maximum absolute atomic E-state index is 11.5. The van der Waals surface area contributed by atoms with Crippen LogP contribution in [0.25, 0.3) is 0 Å². The molecule has 1 amide bonds. The van der Waals surface area contributed by atoms with E-state index >= 15 is 0 Å². The fraction of sp³-hybridized carbons (Fsp3) is 0.250. The van der Waals surface area contributed by atoms with Crippen molar-refractivity contribution in [2.75, 3.05) is 14.1 Å². The van der Waals surface area contributed by atoms with Gasteiger partial charge >= 0.3 is 0 Å². The first-order valence-corrected chi connectivity index (χ1v) is 4.33. The van der Waals surface area contributed by atoms with Crippen molar-refractivity contribution in [1.82, 2.24) is 9.88 Å². The van der Waals surface area contributed by atoms with Crippen molar-refractivity contribution in [2.24, 2.45) is 0 Å². The summed E-state index contributed by atoms with van der Waals surface area (Å²) in [6.07, 6.45) is 1.01. The van der Waals surface area contributed by atoms with Crippen LogP contribution in [0.4, 0.5) is 5.69 Å². The second kappa shape index (κ2) is 4.22. The predicted octanol–water partition coefficient (Wildman–Crippen LogP) is 1.34. The highest BCUT2D eigenvalue weighted by molar-refractivity contribution is 6.32. The molecular weight excluding hydrogens is 222 g/mol. The third kappa shape index (κ3) is 2.41. The van der Waals surface area contributed by atoms with Crippen LogP contribution in [-0.2, 0) is 0 Å². The number of pyridine rings is 1. The van der Waals surface area contributed by atoms with E-state index in [1.54, 1.807) is 0 Å². The van der Waals surface area contributed by atoms with E-state index in [1.165, 1.54) is 19.0 Å². The lowest BCUT2D eigenvalue weighted by Gasteiger charge is -2.10. The number of hydrogen-bond acceptors (Lipinski definition) is 4. The molecule has 80 valence electrons. The molecule has 0 bridgehead atoms. The zero-order valence-electron chi connectivity index (χ0n) is 8.10. The minimum Gasteiger partial charge on any atom is -0.345 e. The van der Waals surface area contributed by atoms with Crippen molar-refractivity contribution < 1.29 is 9.72 Å². The standard InChI is InChI=1S/C8H8ClN3O3/c1-11(2)8(13)6-3-5(12(14)15)4-10-7(6)9/h3-4H,1-2H3. The summed E-state index contributed by atoms with van der Waals surface area (Å²) in [5.41, 5.74) is -0.236. The molecule has 0 atom stereocenters. The van der Waals surface area contributed by atoms with Gasteiger partial charge in [-0.2, -0.15) is 0 Å². The molecule has 0 aromatic carbocycles. The van der Waals surface area contributed by atoms with Crippen LogP contribution in [0.15, 0.2) is 12.3 Å². The summed E-state index contributed by atoms with van der Waals surface area (Å²) in [6.45, 7) is 0. The Hall–Kier alpha value is -1.69. The molecule has 0 aliphatic carbocycles. The minimum atomic E-state index is -0.629. The van der Waals surface area contributed by atoms with Gasteiger partial charge in [-0.05, 0) is 0 Å². The molecule has 0 saturated heterocycles. The molecule has 7 heteroatoms. The van der Waals surface area contributed by atoms with E-state index < -0.39 is 10.8 Å². The van der Waals surface area contributed by atoms with E-state index in [0.717, 1.165) is 12.3 Å². The van der Waals surface area contributed by atoms with Crippen LogP contribution in [0.3, 0.4) is 0 Å². The van der Waals surface area contributed by atoms with E-state index in [2.05, 4.69) is 4.98 Å². The van der Waals surface area contributed by atoms with Crippen molar-refractivity contribution >= 4 is 23.2 Å². The summed E-state index contributed by atoms with van der Waals surface area (Å²) in [6, 6.07) is 1.11. The average molecular weight is 230 g/mol. The molecule has 1 aromatic heterocycles. The molecule has 15 heavy (non-hydrogen) atoms. The Labute approximate surface area is 90.6 Å². The Morgan fingerprint density at radius 1 is 1.60 bits per heavy atom. The number of aromatic nitrogens is 1. The Bertz CT molecular complexity index is 420. The highest BCUT2D eigenvalue weighted by Gasteiger charge is 2.18. The summed E-state index contributed by atoms with van der Waals surface area (Å²) >= 11 is 5.66. The van der Waals surface area contributed by atoms with Gasteiger partial charge in [-0.15, -0.1) is 0 Å². The highest BCUT2D eigenvalue weighted by atomic mass is 35.5. The van der Waals surface area contributed by atoms with Crippen LogP contribution in [0.2, 0.25) is 5.15 Å². The Balaban J connectivity index is 3.22. The number of nitro groups is 1. The summed E-state index contributed by atoms with van der Waals surface area (Å²) in [7, 11) is 3.05. The maximum Gasteiger partial charge on any atom is 0.288 e. The summed E-state index contributed by atoms with van der Waals surface area (Å²) in [4.78, 5) is 26.2. The van der Waals surface area contributed by atoms with Crippen molar-refractivity contribution in [3.8, 4) is 0 Å². The molecule has 0 unspecified atom stereocenters. The quantitative estimate of drug-likeness (QED) is 0.436. The van der Waals surface area contributed by atoms with Gasteiger partial charge in [0.15, 0.2) is 0 Å². The van der Waals surface area contributed by atoms with Crippen molar-refractivity contribution in [3.05, 3.63) is 33.1 Å². The lowest BCUT2D eigenvalue weighted by atomic mass is 10.2. The van der Waals surface area contributed by atoms with Gasteiger partial charge in [0.2, 0.25) is 0 Å². The summed E-state index contributed by atoms with van der Waals surface area (Å²) in [5.74, 6) is -0.420. The topological polar surface area (TPSA) is 76.3 Å². The number of carbonyl (C=O) groups excluding carboxylic acids is 1. The average Bonchev–Trinajstić information content (AvgIpc) is 2.16. The van der Waals surface area contributed by atoms with Crippen molar-refractivity contribution in [3.63, 3.8) is 0 Å². The van der Waals surface area contributed by atoms with Gasteiger partial charge in [0.05, 0.1) is 10.5 Å². The Kier molecular flexibility index (Phi) is 3.21. The van der Waals surface area contributed by atoms with Crippen molar-refractivity contribution in [2.45, 2.75) is 0 Å². The zero-order valence-corrected chi connectivity index (χ0v) is 8.85. The number of halogens is 1. The first-order chi connectivity index (χ1) is 6.93. The van der Waals surface area contributed by atoms with Crippen LogP contribution < -0.4 is 0 Å². The van der Waals surface area contributed by atoms with Gasteiger partial charge in [-0.25, -0.2) is 4.98 Å². The molecule has 0 saturated carbocycles. The number of rotatable bonds is 2. The number of hydrogen-bond donors (Lipinski definition) is 0. The van der Waals surface area contributed by atoms with E-state index in [1.807, 2.05) is 0 Å². The van der Waals surface area contributed by atoms with Crippen LogP contribution in [0.1, 0.15) is 10.4 Å². The van der Waals surface area contributed by atoms with Crippen LogP contribution in [-0.4, -0.2) is 34.8 Å². The number of nitrogens with zero attached hydrogens (tertiary/aromatic N) is 3. The second-order valence-electron chi connectivity index (χ2n) is 2.99. The Morgan fingerprint density at radius 2 is 2.20 bits per heavy atom. The number of amides is 1. The van der Waals surface area contributed by atoms with E-state index in [4.69, 9.17) is 11.6 Å². The van der Waals surface area contributed by atoms with Crippen LogP contribution in [0.5, 0.6) is 0 Å². The van der Waals surface area contributed by atoms with E-state index in [9.17, 15) is 14.9 Å². The molecule has 1 rings (SSSR count). The third-order valence-corrected chi connectivity index (χ3v) is 1.97. The van der Waals surface area contributed by atoms with Gasteiger partial charge in [0, 0.05) is 20.2 Å². The molecule has 0 N–H and O–H groups in total. The third-order valence-electron chi connectivity index (χ3n) is 1.67. The molecule has 6 nitrogen and oxygen atoms in total. The monoisotopic (exact) mass is 229 g/mol. The molecule has 1 aromatic rings. The molecule has 0 spiro atoms. The predicted molar refractivity (Wildman–Crippen MR) is 53.9 cm³/mol. The van der Waals surface area contributed by atoms with Gasteiger partial charge in [0.25, 0.3) is 11.6 Å². The second-order valence-corrected chi connectivity index (χ2v) is 3.35.